The molecule has 4 rings (SSSR count). The summed E-state index contributed by atoms with van der Waals surface area (Å²) < 4.78 is 30.0. The fourth-order valence-corrected chi connectivity index (χ4v) is 5.49. The standard InChI is InChI=1S/C18H20N4O2S2/c1-13-6-11-17(25-13)26(23,24)21-15-9-7-14(8-10-15)18-20-19-16-5-3-2-4-12-22(16)18/h6-11,21H,2-5,12H2,1H3. The van der Waals surface area contributed by atoms with Crippen LogP contribution in [-0.4, -0.2) is 23.2 Å². The van der Waals surface area contributed by atoms with Crippen molar-refractivity contribution >= 4 is 27.0 Å². The largest absolute Gasteiger partial charge is 0.311 e. The van der Waals surface area contributed by atoms with Gasteiger partial charge in [0.1, 0.15) is 10.0 Å². The summed E-state index contributed by atoms with van der Waals surface area (Å²) in [6, 6.07) is 10.7. The highest BCUT2D eigenvalue weighted by Crippen LogP contribution is 2.26. The number of fused-ring (bicyclic) bond motifs is 1. The summed E-state index contributed by atoms with van der Waals surface area (Å²) in [6.45, 7) is 2.82. The lowest BCUT2D eigenvalue weighted by molar-refractivity contribution is 0.603. The Bertz CT molecular complexity index is 1020. The lowest BCUT2D eigenvalue weighted by Crippen LogP contribution is -2.11. The van der Waals surface area contributed by atoms with Gasteiger partial charge in [0.25, 0.3) is 10.0 Å². The fourth-order valence-electron chi connectivity index (χ4n) is 3.15. The van der Waals surface area contributed by atoms with Gasteiger partial charge in [-0.3, -0.25) is 4.72 Å². The van der Waals surface area contributed by atoms with Crippen molar-refractivity contribution < 1.29 is 8.42 Å². The van der Waals surface area contributed by atoms with Crippen LogP contribution in [0.15, 0.2) is 40.6 Å². The molecule has 2 aromatic heterocycles. The molecule has 0 spiro atoms. The monoisotopic (exact) mass is 388 g/mol. The van der Waals surface area contributed by atoms with E-state index in [2.05, 4.69) is 19.5 Å². The first kappa shape index (κ1) is 17.2. The molecule has 1 aliphatic rings. The average Bonchev–Trinajstić information content (AvgIpc) is 3.16. The topological polar surface area (TPSA) is 76.9 Å². The van der Waals surface area contributed by atoms with Gasteiger partial charge in [0.15, 0.2) is 5.82 Å². The maximum absolute atomic E-state index is 12.4. The Morgan fingerprint density at radius 3 is 2.58 bits per heavy atom. The van der Waals surface area contributed by atoms with Gasteiger partial charge >= 0.3 is 0 Å². The molecule has 0 unspecified atom stereocenters. The quantitative estimate of drug-likeness (QED) is 0.737. The van der Waals surface area contributed by atoms with Crippen molar-refractivity contribution in [3.63, 3.8) is 0 Å². The van der Waals surface area contributed by atoms with Gasteiger partial charge in [-0.2, -0.15) is 0 Å². The summed E-state index contributed by atoms with van der Waals surface area (Å²) in [5.74, 6) is 1.89. The molecule has 8 heteroatoms. The number of benzene rings is 1. The Morgan fingerprint density at radius 2 is 1.85 bits per heavy atom. The van der Waals surface area contributed by atoms with E-state index in [1.165, 1.54) is 17.8 Å². The Balaban J connectivity index is 1.57. The lowest BCUT2D eigenvalue weighted by atomic mass is 10.2. The number of nitrogens with zero attached hydrogens (tertiary/aromatic N) is 3. The molecule has 0 atom stereocenters. The second-order valence-corrected chi connectivity index (χ2v) is 9.65. The highest BCUT2D eigenvalue weighted by Gasteiger charge is 2.18. The molecule has 6 nitrogen and oxygen atoms in total. The minimum atomic E-state index is -3.54. The van der Waals surface area contributed by atoms with Crippen molar-refractivity contribution in [2.45, 2.75) is 43.4 Å². The molecule has 1 aromatic carbocycles. The van der Waals surface area contributed by atoms with Crippen LogP contribution in [0.1, 0.15) is 30.0 Å². The van der Waals surface area contributed by atoms with Gasteiger partial charge in [-0.25, -0.2) is 8.42 Å². The normalized spacial score (nSPS) is 14.7. The number of anilines is 1. The summed E-state index contributed by atoms with van der Waals surface area (Å²) in [5, 5.41) is 8.66. The number of hydrogen-bond acceptors (Lipinski definition) is 5. The number of rotatable bonds is 4. The van der Waals surface area contributed by atoms with E-state index in [-0.39, 0.29) is 0 Å². The number of thiophene rings is 1. The van der Waals surface area contributed by atoms with E-state index in [4.69, 9.17) is 0 Å². The van der Waals surface area contributed by atoms with E-state index < -0.39 is 10.0 Å². The maximum atomic E-state index is 12.4. The van der Waals surface area contributed by atoms with E-state index >= 15 is 0 Å². The van der Waals surface area contributed by atoms with Crippen molar-refractivity contribution in [1.29, 1.82) is 0 Å². The van der Waals surface area contributed by atoms with E-state index in [0.717, 1.165) is 47.9 Å². The van der Waals surface area contributed by atoms with Gasteiger partial charge in [0.05, 0.1) is 0 Å². The van der Waals surface area contributed by atoms with E-state index in [1.54, 1.807) is 24.3 Å². The average molecular weight is 389 g/mol. The molecule has 136 valence electrons. The van der Waals surface area contributed by atoms with Crippen LogP contribution in [0.25, 0.3) is 11.4 Å². The highest BCUT2D eigenvalue weighted by molar-refractivity contribution is 7.94. The molecule has 0 bridgehead atoms. The molecule has 0 saturated heterocycles. The second kappa shape index (κ2) is 6.85. The molecule has 3 heterocycles. The zero-order valence-electron chi connectivity index (χ0n) is 14.5. The molecule has 0 aliphatic carbocycles. The summed E-state index contributed by atoms with van der Waals surface area (Å²) in [6.07, 6.45) is 4.47. The fraction of sp³-hybridized carbons (Fsp3) is 0.333. The predicted octanol–water partition coefficient (Wildman–Crippen LogP) is 3.84. The first-order chi connectivity index (χ1) is 12.5. The third kappa shape index (κ3) is 3.39. The zero-order valence-corrected chi connectivity index (χ0v) is 16.1. The molecule has 26 heavy (non-hydrogen) atoms. The Morgan fingerprint density at radius 1 is 1.04 bits per heavy atom. The number of aryl methyl sites for hydroxylation is 2. The third-order valence-corrected chi connectivity index (χ3v) is 7.36. The van der Waals surface area contributed by atoms with Crippen molar-refractivity contribution in [2.75, 3.05) is 4.72 Å². The van der Waals surface area contributed by atoms with Crippen molar-refractivity contribution in [2.24, 2.45) is 0 Å². The van der Waals surface area contributed by atoms with Gasteiger partial charge in [-0.1, -0.05) is 6.42 Å². The summed E-state index contributed by atoms with van der Waals surface area (Å²) in [4.78, 5) is 0.966. The summed E-state index contributed by atoms with van der Waals surface area (Å²) in [5.41, 5.74) is 1.48. The molecule has 0 fully saturated rings. The first-order valence-electron chi connectivity index (χ1n) is 8.65. The summed E-state index contributed by atoms with van der Waals surface area (Å²) in [7, 11) is -3.54. The highest BCUT2D eigenvalue weighted by atomic mass is 32.2. The van der Waals surface area contributed by atoms with E-state index in [9.17, 15) is 8.42 Å². The van der Waals surface area contributed by atoms with Gasteiger partial charge in [-0.15, -0.1) is 21.5 Å². The van der Waals surface area contributed by atoms with Gasteiger partial charge in [0.2, 0.25) is 0 Å². The SMILES string of the molecule is Cc1ccc(S(=O)(=O)Nc2ccc(-c3nnc4n3CCCCC4)cc2)s1. The predicted molar refractivity (Wildman–Crippen MR) is 103 cm³/mol. The van der Waals surface area contributed by atoms with Crippen LogP contribution in [0.5, 0.6) is 0 Å². The number of aromatic nitrogens is 3. The van der Waals surface area contributed by atoms with E-state index in [0.29, 0.717) is 9.90 Å². The molecule has 1 N–H and O–H groups in total. The number of nitrogens with one attached hydrogen (secondary N) is 1. The minimum absolute atomic E-state index is 0.321. The Hall–Kier alpha value is -2.19. The van der Waals surface area contributed by atoms with Gasteiger partial charge in [-0.05, 0) is 56.2 Å². The van der Waals surface area contributed by atoms with Crippen molar-refractivity contribution in [1.82, 2.24) is 14.8 Å². The maximum Gasteiger partial charge on any atom is 0.271 e. The third-order valence-electron chi connectivity index (χ3n) is 4.49. The van der Waals surface area contributed by atoms with Crippen LogP contribution in [0.2, 0.25) is 0 Å². The van der Waals surface area contributed by atoms with Crippen LogP contribution >= 0.6 is 11.3 Å². The second-order valence-electron chi connectivity index (χ2n) is 6.45. The van der Waals surface area contributed by atoms with Crippen LogP contribution < -0.4 is 4.72 Å². The molecule has 0 amide bonds. The van der Waals surface area contributed by atoms with Gasteiger partial charge < -0.3 is 4.57 Å². The van der Waals surface area contributed by atoms with Crippen molar-refractivity contribution in [3.05, 3.63) is 47.1 Å². The zero-order chi connectivity index (χ0) is 18.1. The lowest BCUT2D eigenvalue weighted by Gasteiger charge is -2.09. The number of hydrogen-bond donors (Lipinski definition) is 1. The first-order valence-corrected chi connectivity index (χ1v) is 10.9. The molecule has 0 saturated carbocycles. The Labute approximate surface area is 157 Å². The smallest absolute Gasteiger partial charge is 0.271 e. The van der Waals surface area contributed by atoms with Crippen LogP contribution in [0.3, 0.4) is 0 Å². The summed E-state index contributed by atoms with van der Waals surface area (Å²) >= 11 is 1.26. The van der Waals surface area contributed by atoms with Crippen LogP contribution in [0.4, 0.5) is 5.69 Å². The van der Waals surface area contributed by atoms with Crippen LogP contribution in [-0.2, 0) is 23.0 Å². The Kier molecular flexibility index (Phi) is 4.54. The molecule has 1 aliphatic heterocycles. The van der Waals surface area contributed by atoms with Gasteiger partial charge in [0, 0.05) is 29.1 Å². The number of sulfonamides is 1. The molecular weight excluding hydrogens is 368 g/mol. The molecular formula is C18H20N4O2S2. The van der Waals surface area contributed by atoms with E-state index in [1.807, 2.05) is 19.1 Å². The van der Waals surface area contributed by atoms with Crippen LogP contribution in [0, 0.1) is 6.92 Å². The molecule has 0 radical (unpaired) electrons. The minimum Gasteiger partial charge on any atom is -0.311 e. The van der Waals surface area contributed by atoms with Crippen molar-refractivity contribution in [3.8, 4) is 11.4 Å². The molecule has 3 aromatic rings.